The predicted molar refractivity (Wildman–Crippen MR) is 336 cm³/mol. The van der Waals surface area contributed by atoms with Crippen LogP contribution < -0.4 is 9.46 Å². The minimum Gasteiger partial charge on any atom is -0.489 e. The maximum atomic E-state index is 14.8. The van der Waals surface area contributed by atoms with E-state index >= 15 is 0 Å². The number of alkyl halides is 8. The number of carbonyl (C=O) groups excluding carboxylic acids is 3. The number of ether oxygens (including phenoxy) is 1. The van der Waals surface area contributed by atoms with Crippen LogP contribution in [0.1, 0.15) is 120 Å². The van der Waals surface area contributed by atoms with Crippen molar-refractivity contribution >= 4 is 49.2 Å². The molecule has 95 heavy (non-hydrogen) atoms. The highest BCUT2D eigenvalue weighted by Crippen LogP contribution is 2.48. The van der Waals surface area contributed by atoms with Gasteiger partial charge in [0.1, 0.15) is 33.8 Å². The van der Waals surface area contributed by atoms with Crippen molar-refractivity contribution in [1.82, 2.24) is 52.8 Å². The summed E-state index contributed by atoms with van der Waals surface area (Å²) in [5.74, 6) is -4.64. The fourth-order valence-electron chi connectivity index (χ4n) is 14.3. The normalized spacial score (nSPS) is 19.0. The maximum Gasteiger partial charge on any atom is 0.431 e. The molecule has 0 radical (unpaired) electrons. The summed E-state index contributed by atoms with van der Waals surface area (Å²) in [6.45, 7) is 11.2. The van der Waals surface area contributed by atoms with Gasteiger partial charge in [0.05, 0.1) is 44.4 Å². The number of nitrogens with zero attached hydrogens (tertiary/aromatic N) is 10. The number of piperidine rings is 3. The Hall–Kier alpha value is -6.96. The molecule has 6 aliphatic rings. The van der Waals surface area contributed by atoms with Gasteiger partial charge in [-0.3, -0.25) is 29.1 Å². The Morgan fingerprint density at radius 1 is 0.579 bits per heavy atom. The summed E-state index contributed by atoms with van der Waals surface area (Å²) in [7, 11) is -2.50. The molecule has 0 bridgehead atoms. The Morgan fingerprint density at radius 3 is 1.48 bits per heavy atom. The van der Waals surface area contributed by atoms with E-state index in [1.165, 1.54) is 33.4 Å². The van der Waals surface area contributed by atoms with Crippen molar-refractivity contribution in [2.75, 3.05) is 86.6 Å². The summed E-state index contributed by atoms with van der Waals surface area (Å²) in [5.41, 5.74) is -0.453. The number of amides is 3. The van der Waals surface area contributed by atoms with Gasteiger partial charge in [0.2, 0.25) is 19.9 Å². The molecule has 0 aliphatic carbocycles. The van der Waals surface area contributed by atoms with Crippen LogP contribution in [0.25, 0.3) is 0 Å². The SMILES string of the molecule is CC(C)Oc1ccc(C(=O)N2CCC3(CC2)c2ccc(C(F)(F)F)n2CCN3C)nc1.CCNS(=O)(=O)c1ccc(C(=O)N2CCC3(CC2)c2ccc(Cl)n2CCN3C)cc1.CN1CCn2c(C(F)(F)F)cc(F)c2C12CCN(C(=O)c1ccc(S(=O)(=O)C(F)F)cc1)CC2.[HH]. The number of likely N-dealkylation sites (tertiary alicyclic amines) is 3. The maximum absolute atomic E-state index is 14.8. The molecule has 4 aromatic heterocycles. The first-order valence-corrected chi connectivity index (χ1v) is 34.6. The second kappa shape index (κ2) is 27.2. The van der Waals surface area contributed by atoms with Gasteiger partial charge in [-0.2, -0.15) is 35.1 Å². The summed E-state index contributed by atoms with van der Waals surface area (Å²) in [5, 5.41) is 0.767. The number of rotatable bonds is 10. The molecular formula is C64H77ClF9N11O8S2. The number of likely N-dealkylation sites (N-methyl/N-ethyl adjacent to an activating group) is 3. The van der Waals surface area contributed by atoms with E-state index in [1.54, 1.807) is 55.4 Å². The van der Waals surface area contributed by atoms with Crippen molar-refractivity contribution in [3.63, 3.8) is 0 Å². The number of aromatic nitrogens is 4. The van der Waals surface area contributed by atoms with Gasteiger partial charge < -0.3 is 33.1 Å². The molecule has 2 aromatic carbocycles. The Morgan fingerprint density at radius 2 is 1.02 bits per heavy atom. The third-order valence-electron chi connectivity index (χ3n) is 19.5. The zero-order valence-corrected chi connectivity index (χ0v) is 55.6. The number of hydrogen-bond acceptors (Lipinski definition) is 12. The molecule has 3 saturated heterocycles. The van der Waals surface area contributed by atoms with Crippen molar-refractivity contribution < 1.29 is 76.9 Å². The lowest BCUT2D eigenvalue weighted by Gasteiger charge is -2.50. The first-order chi connectivity index (χ1) is 44.7. The highest BCUT2D eigenvalue weighted by atomic mass is 35.5. The number of sulfone groups is 1. The lowest BCUT2D eigenvalue weighted by molar-refractivity contribution is -0.145. The molecule has 10 heterocycles. The molecule has 1 N–H and O–H groups in total. The molecule has 3 spiro atoms. The van der Waals surface area contributed by atoms with Crippen LogP contribution in [0.3, 0.4) is 0 Å². The van der Waals surface area contributed by atoms with Gasteiger partial charge in [-0.1, -0.05) is 18.5 Å². The highest BCUT2D eigenvalue weighted by Gasteiger charge is 2.52. The molecule has 0 unspecified atom stereocenters. The van der Waals surface area contributed by atoms with E-state index in [0.29, 0.717) is 87.4 Å². The van der Waals surface area contributed by atoms with Crippen LogP contribution in [-0.4, -0.2) is 181 Å². The van der Waals surface area contributed by atoms with Gasteiger partial charge in [-0.25, -0.2) is 30.9 Å². The number of sulfonamides is 1. The number of fused-ring (bicyclic) bond motifs is 6. The molecule has 12 rings (SSSR count). The summed E-state index contributed by atoms with van der Waals surface area (Å²) >= 11 is 6.36. The van der Waals surface area contributed by atoms with Gasteiger partial charge in [0.15, 0.2) is 0 Å². The Balaban J connectivity index is 0.000000168. The van der Waals surface area contributed by atoms with Crippen LogP contribution >= 0.6 is 11.6 Å². The first kappa shape index (κ1) is 70.8. The average molecular weight is 1400 g/mol. The molecule has 0 saturated carbocycles. The standard InChI is InChI=1S/C22H27F3N4O2.C21H27ClN4O3S.C21H21F6N3O3S.H2/c1-15(2)31-16-4-5-17(26-14-16)20(30)28-10-8-21(9-11-28)18-6-7-19(22(23,24)25)29(18)13-12-27(21)3;1-3-23-30(28,29)17-6-4-16(5-7-17)20(27)25-12-10-21(11-13-25)18-8-9-19(22)26(18)15-14-24(21)2;1-28-10-11-30-16(21(25,26)27)12-15(22)17(30)20(28)6-8-29(9-7-20)18(31)13-2-4-14(5-3-13)34(32,33)19(23)24;/h4-7,14-15H,8-13H2,1-3H3;4-9,23H,3,10-15H2,1-2H3;2-5,12,19H,6-11H2,1H3;1H. The van der Waals surface area contributed by atoms with Crippen molar-refractivity contribution in [2.24, 2.45) is 0 Å². The van der Waals surface area contributed by atoms with Crippen LogP contribution in [0.4, 0.5) is 39.5 Å². The zero-order chi connectivity index (χ0) is 69.0. The summed E-state index contributed by atoms with van der Waals surface area (Å²) in [4.78, 5) is 54.0. The van der Waals surface area contributed by atoms with Gasteiger partial charge in [-0.05, 0) is 158 Å². The van der Waals surface area contributed by atoms with Crippen LogP contribution in [0.15, 0.2) is 107 Å². The van der Waals surface area contributed by atoms with E-state index in [0.717, 1.165) is 59.9 Å². The molecule has 518 valence electrons. The predicted octanol–water partition coefficient (Wildman–Crippen LogP) is 10.2. The lowest BCUT2D eigenvalue weighted by atomic mass is 9.81. The van der Waals surface area contributed by atoms with Crippen LogP contribution in [0.2, 0.25) is 5.15 Å². The summed E-state index contributed by atoms with van der Waals surface area (Å²) < 4.78 is 181. The smallest absolute Gasteiger partial charge is 0.431 e. The van der Waals surface area contributed by atoms with Gasteiger partial charge in [0, 0.05) is 115 Å². The van der Waals surface area contributed by atoms with E-state index in [2.05, 4.69) is 37.2 Å². The molecule has 19 nitrogen and oxygen atoms in total. The van der Waals surface area contributed by atoms with Crippen molar-refractivity contribution in [3.8, 4) is 5.75 Å². The van der Waals surface area contributed by atoms with E-state index in [-0.39, 0.29) is 80.1 Å². The Labute approximate surface area is 551 Å². The number of pyridine rings is 1. The van der Waals surface area contributed by atoms with Gasteiger partial charge in [-0.15, -0.1) is 0 Å². The Bertz CT molecular complexity index is 4020. The molecule has 3 fully saturated rings. The number of carbonyl (C=O) groups is 3. The molecular weight excluding hydrogens is 1320 g/mol. The highest BCUT2D eigenvalue weighted by molar-refractivity contribution is 7.91. The van der Waals surface area contributed by atoms with Crippen LogP contribution in [0.5, 0.6) is 5.75 Å². The van der Waals surface area contributed by atoms with Crippen molar-refractivity contribution in [3.05, 3.63) is 153 Å². The molecule has 6 aromatic rings. The summed E-state index contributed by atoms with van der Waals surface area (Å²) in [6.07, 6.45) is -4.32. The Kier molecular flexibility index (Phi) is 20.2. The van der Waals surface area contributed by atoms with Crippen LogP contribution in [0, 0.1) is 5.82 Å². The van der Waals surface area contributed by atoms with Crippen molar-refractivity contribution in [2.45, 2.75) is 130 Å². The quantitative estimate of drug-likeness (QED) is 0.128. The zero-order valence-electron chi connectivity index (χ0n) is 53.2. The largest absolute Gasteiger partial charge is 0.489 e. The van der Waals surface area contributed by atoms with E-state index < -0.39 is 77.1 Å². The monoisotopic (exact) mass is 1400 g/mol. The lowest BCUT2D eigenvalue weighted by Crippen LogP contribution is -2.57. The van der Waals surface area contributed by atoms with Crippen molar-refractivity contribution in [1.29, 1.82) is 0 Å². The molecule has 31 heteroatoms. The summed E-state index contributed by atoms with van der Waals surface area (Å²) in [6, 6.07) is 21.0. The van der Waals surface area contributed by atoms with Gasteiger partial charge in [0.25, 0.3) is 17.7 Å². The number of hydrogen-bond donors (Lipinski definition) is 1. The second-order valence-corrected chi connectivity index (χ2v) is 29.0. The minimum atomic E-state index is -4.79. The fraction of sp³-hybridized carbons (Fsp3) is 0.500. The third-order valence-corrected chi connectivity index (χ3v) is 22.8. The third kappa shape index (κ3) is 13.7. The fourth-order valence-corrected chi connectivity index (χ4v) is 16.3. The molecule has 6 aliphatic heterocycles. The number of benzene rings is 2. The van der Waals surface area contributed by atoms with E-state index in [1.807, 2.05) is 36.8 Å². The second-order valence-electron chi connectivity index (χ2n) is 25.0. The number of halogens is 10. The van der Waals surface area contributed by atoms with E-state index in [9.17, 15) is 70.7 Å². The average Bonchev–Trinajstić information content (AvgIpc) is 1.48. The number of nitrogens with one attached hydrogen (secondary N) is 1. The minimum absolute atomic E-state index is 0. The topological polar surface area (TPSA) is 188 Å². The molecule has 3 amide bonds. The molecule has 0 atom stereocenters. The van der Waals surface area contributed by atoms with Crippen LogP contribution in [-0.2, 0) is 68.5 Å². The van der Waals surface area contributed by atoms with Gasteiger partial charge >= 0.3 is 18.1 Å². The van der Waals surface area contributed by atoms with E-state index in [4.69, 9.17) is 16.3 Å². The first-order valence-electron chi connectivity index (χ1n) is 31.1.